The lowest BCUT2D eigenvalue weighted by Crippen LogP contribution is -2.55. The summed E-state index contributed by atoms with van der Waals surface area (Å²) >= 11 is 0. The molecule has 29 nitrogen and oxygen atoms in total. The molecule has 0 saturated carbocycles. The first-order valence-corrected chi connectivity index (χ1v) is 29.0. The van der Waals surface area contributed by atoms with Gasteiger partial charge in [-0.2, -0.15) is 0 Å². The van der Waals surface area contributed by atoms with Crippen molar-refractivity contribution in [2.24, 2.45) is 17.1 Å². The lowest BCUT2D eigenvalue weighted by Gasteiger charge is -2.27. The van der Waals surface area contributed by atoms with Gasteiger partial charge in [0.15, 0.2) is 0 Å². The number of aromatic nitrogens is 3. The SMILES string of the molecule is COCCOCCOCCOCCOCCOCCOCCOCCOCCOCCOCCOCCn1cc([C@@H](CC(=O)N[C@H](C(=O)N[C@@H](CCCNC(N)=O)C(=O)Nc2ccc(COC(=O)C(C)(C)C)cc2)C(C)C)N2C(=O)C=CC2=O)nn1. The number of hydrogen-bond acceptors (Lipinski definition) is 22. The maximum Gasteiger partial charge on any atom is 0.312 e. The molecule has 29 heteroatoms. The Morgan fingerprint density at radius 3 is 1.47 bits per heavy atom. The van der Waals surface area contributed by atoms with Gasteiger partial charge in [-0.3, -0.25) is 33.7 Å². The second-order valence-corrected chi connectivity index (χ2v) is 20.5. The predicted molar refractivity (Wildman–Crippen MR) is 309 cm³/mol. The number of urea groups is 1. The molecule has 1 aromatic carbocycles. The Kier molecular flexibility index (Phi) is 39.0. The van der Waals surface area contributed by atoms with Crippen molar-refractivity contribution < 1.29 is 95.1 Å². The van der Waals surface area contributed by atoms with Crippen LogP contribution in [0.25, 0.3) is 0 Å². The third-order valence-corrected chi connectivity index (χ3v) is 12.1. The van der Waals surface area contributed by atoms with Crippen LogP contribution in [0.4, 0.5) is 10.5 Å². The molecule has 3 atom stereocenters. The Morgan fingerprint density at radius 1 is 0.605 bits per heavy atom. The first-order valence-electron chi connectivity index (χ1n) is 29.0. The van der Waals surface area contributed by atoms with Crippen LogP contribution in [0.3, 0.4) is 0 Å². The van der Waals surface area contributed by atoms with E-state index in [9.17, 15) is 33.6 Å². The Balaban J connectivity index is 1.28. The monoisotopic (exact) mass is 1220 g/mol. The number of amides is 7. The molecule has 0 bridgehead atoms. The largest absolute Gasteiger partial charge is 0.460 e. The number of ether oxygens (including phenoxy) is 13. The molecule has 1 aliphatic rings. The predicted octanol–water partition coefficient (Wildman–Crippen LogP) is 1.27. The number of methoxy groups -OCH3 is 1. The van der Waals surface area contributed by atoms with Crippen molar-refractivity contribution >= 4 is 47.2 Å². The van der Waals surface area contributed by atoms with E-state index in [2.05, 4.69) is 31.6 Å². The molecule has 0 spiro atoms. The highest BCUT2D eigenvalue weighted by molar-refractivity contribution is 6.13. The van der Waals surface area contributed by atoms with Gasteiger partial charge in [0.2, 0.25) is 17.7 Å². The highest BCUT2D eigenvalue weighted by Gasteiger charge is 2.37. The number of nitrogens with one attached hydrogen (secondary N) is 4. The summed E-state index contributed by atoms with van der Waals surface area (Å²) in [5.74, 6) is -4.14. The zero-order chi connectivity index (χ0) is 62.6. The van der Waals surface area contributed by atoms with E-state index in [1.54, 1.807) is 66.0 Å². The molecule has 1 aromatic heterocycles. The molecule has 86 heavy (non-hydrogen) atoms. The van der Waals surface area contributed by atoms with Gasteiger partial charge >= 0.3 is 12.0 Å². The molecule has 0 aliphatic carbocycles. The molecule has 0 saturated heterocycles. The molecule has 0 radical (unpaired) electrons. The summed E-state index contributed by atoms with van der Waals surface area (Å²) in [5, 5.41) is 19.0. The zero-order valence-corrected chi connectivity index (χ0v) is 50.9. The molecular formula is C57H93N9O20. The quantitative estimate of drug-likeness (QED) is 0.0354. The molecule has 2 heterocycles. The second kappa shape index (κ2) is 45.2. The maximum atomic E-state index is 13.9. The number of benzene rings is 1. The van der Waals surface area contributed by atoms with Gasteiger partial charge in [-0.1, -0.05) is 31.2 Å². The van der Waals surface area contributed by atoms with E-state index < -0.39 is 71.4 Å². The smallest absolute Gasteiger partial charge is 0.312 e. The first kappa shape index (κ1) is 74.2. The van der Waals surface area contributed by atoms with Gasteiger partial charge in [0, 0.05) is 31.5 Å². The fourth-order valence-electron chi connectivity index (χ4n) is 7.49. The van der Waals surface area contributed by atoms with Crippen LogP contribution < -0.4 is 27.0 Å². The summed E-state index contributed by atoms with van der Waals surface area (Å²) in [7, 11) is 1.63. The third-order valence-electron chi connectivity index (χ3n) is 12.1. The average molecular weight is 1220 g/mol. The summed E-state index contributed by atoms with van der Waals surface area (Å²) in [6.45, 7) is 19.1. The summed E-state index contributed by atoms with van der Waals surface area (Å²) in [4.78, 5) is 91.7. The van der Waals surface area contributed by atoms with Crippen LogP contribution >= 0.6 is 0 Å². The maximum absolute atomic E-state index is 13.9. The fourth-order valence-corrected chi connectivity index (χ4v) is 7.49. The van der Waals surface area contributed by atoms with E-state index in [0.717, 1.165) is 17.1 Å². The standard InChI is InChI=1S/C57H93N9O20/c1-43(2)52(54(71)61-46(8-7-15-59-56(58)73)53(70)60-45-11-9-44(10-12-45)42-86-55(72)57(3,4)5)62-49(67)40-48(66-50(68)13-14-51(66)69)47-41-65(64-63-47)16-17-75-20-21-77-24-25-79-28-29-81-32-33-83-36-37-85-39-38-84-35-34-82-31-30-80-27-26-78-23-22-76-19-18-74-6/h9-14,41,43,46,48,52H,7-8,15-40,42H2,1-6H3,(H,60,70)(H,61,71)(H,62,67)(H3,58,59,73)/t46-,48+,52-/m0/s1. The minimum absolute atomic E-state index is 0.0339. The summed E-state index contributed by atoms with van der Waals surface area (Å²) < 4.78 is 72.3. The number of anilines is 1. The minimum Gasteiger partial charge on any atom is -0.460 e. The van der Waals surface area contributed by atoms with Crippen molar-refractivity contribution in [3.8, 4) is 0 Å². The molecule has 2 aromatic rings. The lowest BCUT2D eigenvalue weighted by atomic mass is 9.97. The van der Waals surface area contributed by atoms with Crippen molar-refractivity contribution in [3.63, 3.8) is 0 Å². The summed E-state index contributed by atoms with van der Waals surface area (Å²) in [6, 6.07) is 2.37. The van der Waals surface area contributed by atoms with Crippen LogP contribution in [0.1, 0.15) is 71.2 Å². The van der Waals surface area contributed by atoms with Gasteiger partial charge in [-0.15, -0.1) is 5.10 Å². The summed E-state index contributed by atoms with van der Waals surface area (Å²) in [5.41, 5.74) is 5.77. The first-order chi connectivity index (χ1) is 41.5. The highest BCUT2D eigenvalue weighted by atomic mass is 16.6. The molecule has 6 N–H and O–H groups in total. The normalized spacial score (nSPS) is 13.5. The number of imide groups is 1. The number of nitrogens with two attached hydrogens (primary N) is 1. The second-order valence-electron chi connectivity index (χ2n) is 20.5. The summed E-state index contributed by atoms with van der Waals surface area (Å²) in [6.07, 6.45) is 3.53. The van der Waals surface area contributed by atoms with E-state index in [-0.39, 0.29) is 57.4 Å². The van der Waals surface area contributed by atoms with E-state index in [0.29, 0.717) is 150 Å². The van der Waals surface area contributed by atoms with Gasteiger partial charge in [0.05, 0.1) is 183 Å². The molecule has 7 amide bonds. The van der Waals surface area contributed by atoms with E-state index in [4.69, 9.17) is 67.3 Å². The number of primary amides is 1. The van der Waals surface area contributed by atoms with E-state index in [1.807, 2.05) is 0 Å². The van der Waals surface area contributed by atoms with Crippen molar-refractivity contribution in [3.05, 3.63) is 53.9 Å². The number of carbonyl (C=O) groups excluding carboxylic acids is 7. The van der Waals surface area contributed by atoms with Crippen LogP contribution in [0.5, 0.6) is 0 Å². The molecular weight excluding hydrogens is 1130 g/mol. The number of rotatable bonds is 52. The number of nitrogens with zero attached hydrogens (tertiary/aromatic N) is 4. The molecule has 0 unspecified atom stereocenters. The van der Waals surface area contributed by atoms with Crippen molar-refractivity contribution in [1.29, 1.82) is 0 Å². The van der Waals surface area contributed by atoms with Gasteiger partial charge in [0.1, 0.15) is 24.4 Å². The molecule has 0 fully saturated rings. The van der Waals surface area contributed by atoms with Gasteiger partial charge in [0.25, 0.3) is 11.8 Å². The van der Waals surface area contributed by atoms with Crippen molar-refractivity contribution in [1.82, 2.24) is 35.8 Å². The number of carbonyl (C=O) groups is 7. The topological polar surface area (TPSA) is 348 Å². The van der Waals surface area contributed by atoms with Crippen LogP contribution in [-0.4, -0.2) is 239 Å². The Bertz CT molecular complexity index is 2250. The molecule has 1 aliphatic heterocycles. The molecule has 3 rings (SSSR count). The van der Waals surface area contributed by atoms with Crippen molar-refractivity contribution in [2.45, 2.75) is 85.2 Å². The third kappa shape index (κ3) is 33.7. The number of esters is 1. The van der Waals surface area contributed by atoms with Crippen molar-refractivity contribution in [2.75, 3.05) is 171 Å². The van der Waals surface area contributed by atoms with Gasteiger partial charge in [-0.25, -0.2) is 9.48 Å². The fraction of sp³-hybridized carbons (Fsp3) is 0.702. The van der Waals surface area contributed by atoms with E-state index in [1.165, 1.54) is 10.9 Å². The van der Waals surface area contributed by atoms with Crippen LogP contribution in [0, 0.1) is 11.3 Å². The Morgan fingerprint density at radius 2 is 1.05 bits per heavy atom. The van der Waals surface area contributed by atoms with Crippen LogP contribution in [0.2, 0.25) is 0 Å². The van der Waals surface area contributed by atoms with Crippen LogP contribution in [-0.2, 0) is 103 Å². The molecule has 486 valence electrons. The van der Waals surface area contributed by atoms with Gasteiger partial charge in [-0.05, 0) is 57.2 Å². The minimum atomic E-state index is -1.19. The van der Waals surface area contributed by atoms with Crippen LogP contribution in [0.15, 0.2) is 42.6 Å². The Hall–Kier alpha value is -6.09. The Labute approximate surface area is 503 Å². The lowest BCUT2D eigenvalue weighted by molar-refractivity contribution is -0.154. The van der Waals surface area contributed by atoms with E-state index >= 15 is 0 Å². The highest BCUT2D eigenvalue weighted by Crippen LogP contribution is 2.26. The number of hydrogen-bond donors (Lipinski definition) is 5. The zero-order valence-electron chi connectivity index (χ0n) is 50.9. The average Bonchev–Trinajstić information content (AvgIpc) is 2.62. The van der Waals surface area contributed by atoms with Gasteiger partial charge < -0.3 is 88.6 Å².